The van der Waals surface area contributed by atoms with E-state index in [9.17, 15) is 5.11 Å². The number of aliphatic hydroxyl groups excluding tert-OH is 1. The summed E-state index contributed by atoms with van der Waals surface area (Å²) in [6.07, 6.45) is -0.634. The summed E-state index contributed by atoms with van der Waals surface area (Å²) >= 11 is 5.86. The van der Waals surface area contributed by atoms with Crippen molar-refractivity contribution in [2.45, 2.75) is 13.0 Å². The van der Waals surface area contributed by atoms with Gasteiger partial charge in [-0.25, -0.2) is 0 Å². The molecule has 0 spiro atoms. The lowest BCUT2D eigenvalue weighted by molar-refractivity contribution is 0.107. The molecule has 0 aliphatic carbocycles. The molecule has 1 unspecified atom stereocenters. The van der Waals surface area contributed by atoms with Crippen molar-refractivity contribution in [2.75, 3.05) is 6.61 Å². The van der Waals surface area contributed by atoms with Crippen molar-refractivity contribution in [3.8, 4) is 5.75 Å². The molecule has 3 heteroatoms. The van der Waals surface area contributed by atoms with Gasteiger partial charge in [0.1, 0.15) is 18.5 Å². The molecule has 18 heavy (non-hydrogen) atoms. The topological polar surface area (TPSA) is 29.5 Å². The zero-order chi connectivity index (χ0) is 13.0. The molecule has 0 saturated carbocycles. The molecule has 0 fully saturated rings. The van der Waals surface area contributed by atoms with Crippen molar-refractivity contribution >= 4 is 11.6 Å². The summed E-state index contributed by atoms with van der Waals surface area (Å²) in [6.45, 7) is 2.18. The van der Waals surface area contributed by atoms with E-state index in [2.05, 4.69) is 0 Å². The van der Waals surface area contributed by atoms with Gasteiger partial charge in [0.05, 0.1) is 0 Å². The summed E-state index contributed by atoms with van der Waals surface area (Å²) in [4.78, 5) is 0. The van der Waals surface area contributed by atoms with Crippen LogP contribution in [-0.2, 0) is 0 Å². The largest absolute Gasteiger partial charge is 0.490 e. The Morgan fingerprint density at radius 2 is 1.94 bits per heavy atom. The third-order valence-electron chi connectivity index (χ3n) is 2.75. The molecule has 0 heterocycles. The molecule has 94 valence electrons. The Morgan fingerprint density at radius 3 is 2.67 bits per heavy atom. The van der Waals surface area contributed by atoms with Crippen LogP contribution in [0, 0.1) is 6.92 Å². The van der Waals surface area contributed by atoms with Crippen molar-refractivity contribution in [2.24, 2.45) is 0 Å². The molecular weight excluding hydrogens is 248 g/mol. The molecule has 0 amide bonds. The van der Waals surface area contributed by atoms with E-state index in [1.54, 1.807) is 12.1 Å². The van der Waals surface area contributed by atoms with Crippen LogP contribution in [-0.4, -0.2) is 11.7 Å². The maximum absolute atomic E-state index is 10.1. The summed E-state index contributed by atoms with van der Waals surface area (Å²) in [5.74, 6) is 0.662. The van der Waals surface area contributed by atoms with Gasteiger partial charge in [0.15, 0.2) is 0 Å². The van der Waals surface area contributed by atoms with E-state index in [-0.39, 0.29) is 6.61 Å². The zero-order valence-corrected chi connectivity index (χ0v) is 10.9. The molecular formula is C15H15ClO2. The lowest BCUT2D eigenvalue weighted by atomic mass is 10.0. The molecule has 0 aromatic heterocycles. The predicted molar refractivity (Wildman–Crippen MR) is 73.1 cm³/mol. The number of ether oxygens (including phenoxy) is 1. The van der Waals surface area contributed by atoms with E-state index in [1.165, 1.54) is 0 Å². The first kappa shape index (κ1) is 12.9. The number of hydrogen-bond acceptors (Lipinski definition) is 2. The summed E-state index contributed by atoms with van der Waals surface area (Å²) in [5, 5.41) is 10.7. The summed E-state index contributed by atoms with van der Waals surface area (Å²) < 4.78 is 5.52. The second-order valence-electron chi connectivity index (χ2n) is 4.14. The smallest absolute Gasteiger partial charge is 0.120 e. The number of rotatable bonds is 4. The molecule has 2 aromatic rings. The van der Waals surface area contributed by atoms with Crippen LogP contribution in [0.2, 0.25) is 5.02 Å². The van der Waals surface area contributed by atoms with Gasteiger partial charge >= 0.3 is 0 Å². The lowest BCUT2D eigenvalue weighted by Crippen LogP contribution is -2.10. The van der Waals surface area contributed by atoms with E-state index < -0.39 is 6.10 Å². The van der Waals surface area contributed by atoms with Crippen LogP contribution in [0.3, 0.4) is 0 Å². The molecule has 1 N–H and O–H groups in total. The average molecular weight is 263 g/mol. The van der Waals surface area contributed by atoms with Crippen molar-refractivity contribution < 1.29 is 9.84 Å². The minimum absolute atomic E-state index is 0.213. The Kier molecular flexibility index (Phi) is 4.24. The number of aliphatic hydroxyl groups is 1. The number of hydrogen-bond donors (Lipinski definition) is 1. The lowest BCUT2D eigenvalue weighted by Gasteiger charge is -2.14. The molecule has 0 aliphatic heterocycles. The van der Waals surface area contributed by atoms with E-state index in [1.807, 2.05) is 43.3 Å². The maximum Gasteiger partial charge on any atom is 0.120 e. The highest BCUT2D eigenvalue weighted by molar-refractivity contribution is 6.30. The standard InChI is InChI=1S/C15H15ClO2/c1-11-5-2-3-8-14(11)15(17)10-18-13-7-4-6-12(16)9-13/h2-9,15,17H,10H2,1H3. The number of aryl methyl sites for hydroxylation is 1. The van der Waals surface area contributed by atoms with Gasteiger partial charge in [-0.05, 0) is 36.2 Å². The van der Waals surface area contributed by atoms with Crippen LogP contribution in [0.25, 0.3) is 0 Å². The fourth-order valence-corrected chi connectivity index (χ4v) is 1.96. The minimum atomic E-state index is -0.634. The maximum atomic E-state index is 10.1. The number of halogens is 1. The molecule has 2 nitrogen and oxygen atoms in total. The van der Waals surface area contributed by atoms with Crippen molar-refractivity contribution in [1.29, 1.82) is 0 Å². The molecule has 0 aliphatic rings. The van der Waals surface area contributed by atoms with Gasteiger partial charge in [-0.15, -0.1) is 0 Å². The van der Waals surface area contributed by atoms with E-state index >= 15 is 0 Å². The van der Waals surface area contributed by atoms with Gasteiger partial charge in [0, 0.05) is 5.02 Å². The average Bonchev–Trinajstić information content (AvgIpc) is 2.37. The van der Waals surface area contributed by atoms with Gasteiger partial charge in [0.2, 0.25) is 0 Å². The zero-order valence-electron chi connectivity index (χ0n) is 10.1. The minimum Gasteiger partial charge on any atom is -0.490 e. The predicted octanol–water partition coefficient (Wildman–Crippen LogP) is 3.76. The SMILES string of the molecule is Cc1ccccc1C(O)COc1cccc(Cl)c1. The fraction of sp³-hybridized carbons (Fsp3) is 0.200. The second-order valence-corrected chi connectivity index (χ2v) is 4.58. The summed E-state index contributed by atoms with van der Waals surface area (Å²) in [6, 6.07) is 14.9. The van der Waals surface area contributed by atoms with E-state index in [4.69, 9.17) is 16.3 Å². The van der Waals surface area contributed by atoms with Gasteiger partial charge in [-0.1, -0.05) is 41.9 Å². The first-order valence-corrected chi connectivity index (χ1v) is 6.16. The second kappa shape index (κ2) is 5.89. The summed E-state index contributed by atoms with van der Waals surface area (Å²) in [5.41, 5.74) is 1.94. The molecule has 2 aromatic carbocycles. The van der Waals surface area contributed by atoms with Crippen LogP contribution in [0.4, 0.5) is 0 Å². The van der Waals surface area contributed by atoms with Gasteiger partial charge < -0.3 is 9.84 Å². The third kappa shape index (κ3) is 3.25. The Labute approximate surface area is 112 Å². The molecule has 0 saturated heterocycles. The van der Waals surface area contributed by atoms with E-state index in [0.29, 0.717) is 10.8 Å². The van der Waals surface area contributed by atoms with Crippen LogP contribution >= 0.6 is 11.6 Å². The first-order valence-electron chi connectivity index (χ1n) is 5.79. The molecule has 2 rings (SSSR count). The van der Waals surface area contributed by atoms with Crippen molar-refractivity contribution in [1.82, 2.24) is 0 Å². The molecule has 0 bridgehead atoms. The Bertz CT molecular complexity index is 525. The van der Waals surface area contributed by atoms with Crippen LogP contribution in [0.5, 0.6) is 5.75 Å². The van der Waals surface area contributed by atoms with Gasteiger partial charge in [0.25, 0.3) is 0 Å². The van der Waals surface area contributed by atoms with Crippen LogP contribution in [0.15, 0.2) is 48.5 Å². The fourth-order valence-electron chi connectivity index (χ4n) is 1.78. The first-order chi connectivity index (χ1) is 8.66. The van der Waals surface area contributed by atoms with Gasteiger partial charge in [-0.3, -0.25) is 0 Å². The van der Waals surface area contributed by atoms with Crippen LogP contribution < -0.4 is 4.74 Å². The normalized spacial score (nSPS) is 12.2. The van der Waals surface area contributed by atoms with Crippen LogP contribution in [0.1, 0.15) is 17.2 Å². The number of benzene rings is 2. The Balaban J connectivity index is 2.00. The monoisotopic (exact) mass is 262 g/mol. The van der Waals surface area contributed by atoms with Crippen molar-refractivity contribution in [3.05, 3.63) is 64.7 Å². The van der Waals surface area contributed by atoms with Gasteiger partial charge in [-0.2, -0.15) is 0 Å². The summed E-state index contributed by atoms with van der Waals surface area (Å²) in [7, 11) is 0. The molecule has 1 atom stereocenters. The third-order valence-corrected chi connectivity index (χ3v) is 2.99. The Morgan fingerprint density at radius 1 is 1.17 bits per heavy atom. The van der Waals surface area contributed by atoms with Crippen molar-refractivity contribution in [3.63, 3.8) is 0 Å². The Hall–Kier alpha value is -1.51. The highest BCUT2D eigenvalue weighted by atomic mass is 35.5. The highest BCUT2D eigenvalue weighted by Gasteiger charge is 2.10. The highest BCUT2D eigenvalue weighted by Crippen LogP contribution is 2.21. The molecule has 0 radical (unpaired) electrons. The van der Waals surface area contributed by atoms with E-state index in [0.717, 1.165) is 11.1 Å². The quantitative estimate of drug-likeness (QED) is 0.909.